The lowest BCUT2D eigenvalue weighted by molar-refractivity contribution is -0.119. The van der Waals surface area contributed by atoms with Gasteiger partial charge in [0.25, 0.3) is 5.91 Å². The van der Waals surface area contributed by atoms with Crippen LogP contribution in [0.2, 0.25) is 0 Å². The Hall–Kier alpha value is -2.18. The Labute approximate surface area is 145 Å². The highest BCUT2D eigenvalue weighted by Gasteiger charge is 2.28. The number of carbonyl (C=O) groups excluding carboxylic acids is 2. The summed E-state index contributed by atoms with van der Waals surface area (Å²) in [7, 11) is 3.40. The number of amides is 2. The molecule has 0 saturated heterocycles. The maximum absolute atomic E-state index is 12.7. The standard InChI is InChI=1S/C18H20N2O3S/c1-19-14-7-4-3-6-13(14)15(23-2)9-10-20(12-17(19)21)18(22)16-8-5-11-24-16/h3-8,11,15H,9-10,12H2,1-2H3. The number of para-hydroxylation sites is 1. The van der Waals surface area contributed by atoms with Crippen LogP contribution in [0.4, 0.5) is 5.69 Å². The maximum Gasteiger partial charge on any atom is 0.264 e. The predicted octanol–water partition coefficient (Wildman–Crippen LogP) is 2.94. The number of hydrogen-bond acceptors (Lipinski definition) is 4. The van der Waals surface area contributed by atoms with Crippen molar-refractivity contribution in [1.29, 1.82) is 0 Å². The monoisotopic (exact) mass is 344 g/mol. The van der Waals surface area contributed by atoms with E-state index in [4.69, 9.17) is 4.74 Å². The van der Waals surface area contributed by atoms with Gasteiger partial charge in [-0.3, -0.25) is 9.59 Å². The Morgan fingerprint density at radius 1 is 1.25 bits per heavy atom. The number of thiophene rings is 1. The summed E-state index contributed by atoms with van der Waals surface area (Å²) in [5.74, 6) is -0.211. The summed E-state index contributed by atoms with van der Waals surface area (Å²) < 4.78 is 5.64. The molecule has 1 unspecified atom stereocenters. The summed E-state index contributed by atoms with van der Waals surface area (Å²) in [5.41, 5.74) is 1.81. The van der Waals surface area contributed by atoms with Gasteiger partial charge in [0, 0.05) is 32.0 Å². The molecule has 0 bridgehead atoms. The first-order valence-electron chi connectivity index (χ1n) is 7.83. The van der Waals surface area contributed by atoms with Gasteiger partial charge in [0.1, 0.15) is 6.54 Å². The summed E-state index contributed by atoms with van der Waals surface area (Å²) in [6.45, 7) is 0.543. The van der Waals surface area contributed by atoms with E-state index in [1.807, 2.05) is 35.7 Å². The number of carbonyl (C=O) groups is 2. The van der Waals surface area contributed by atoms with E-state index in [1.54, 1.807) is 30.0 Å². The van der Waals surface area contributed by atoms with Crippen LogP contribution in [0.5, 0.6) is 0 Å². The van der Waals surface area contributed by atoms with Gasteiger partial charge in [0.15, 0.2) is 0 Å². The Bertz CT molecular complexity index is 730. The Kier molecular flexibility index (Phi) is 4.97. The SMILES string of the molecule is COC1CCN(C(=O)c2cccs2)CC(=O)N(C)c2ccccc21. The summed E-state index contributed by atoms with van der Waals surface area (Å²) in [6, 6.07) is 11.4. The maximum atomic E-state index is 12.7. The molecule has 1 aliphatic rings. The van der Waals surface area contributed by atoms with Crippen LogP contribution in [0.3, 0.4) is 0 Å². The molecule has 24 heavy (non-hydrogen) atoms. The molecule has 3 rings (SSSR count). The lowest BCUT2D eigenvalue weighted by atomic mass is 10.0. The Morgan fingerprint density at radius 3 is 2.75 bits per heavy atom. The molecule has 1 aromatic heterocycles. The number of hydrogen-bond donors (Lipinski definition) is 0. The first-order chi connectivity index (χ1) is 11.6. The van der Waals surface area contributed by atoms with Crippen molar-refractivity contribution < 1.29 is 14.3 Å². The molecule has 0 radical (unpaired) electrons. The van der Waals surface area contributed by atoms with Crippen LogP contribution in [0.25, 0.3) is 0 Å². The van der Waals surface area contributed by atoms with E-state index in [0.717, 1.165) is 11.3 Å². The molecule has 0 spiro atoms. The molecule has 0 fully saturated rings. The minimum absolute atomic E-state index is 0.0675. The van der Waals surface area contributed by atoms with Crippen LogP contribution in [0.1, 0.15) is 27.8 Å². The minimum atomic E-state index is -0.159. The number of fused-ring (bicyclic) bond motifs is 1. The van der Waals surface area contributed by atoms with Crippen molar-refractivity contribution >= 4 is 28.8 Å². The van der Waals surface area contributed by atoms with Gasteiger partial charge < -0.3 is 14.5 Å². The van der Waals surface area contributed by atoms with Gasteiger partial charge >= 0.3 is 0 Å². The molecule has 2 aromatic rings. The molecule has 0 aliphatic carbocycles. The van der Waals surface area contributed by atoms with E-state index < -0.39 is 0 Å². The fourth-order valence-corrected chi connectivity index (χ4v) is 3.64. The second kappa shape index (κ2) is 7.15. The molecule has 1 aromatic carbocycles. The summed E-state index contributed by atoms with van der Waals surface area (Å²) in [6.07, 6.45) is 0.486. The third-order valence-electron chi connectivity index (χ3n) is 4.31. The minimum Gasteiger partial charge on any atom is -0.377 e. The number of benzene rings is 1. The lowest BCUT2D eigenvalue weighted by Gasteiger charge is -2.23. The van der Waals surface area contributed by atoms with Gasteiger partial charge in [-0.25, -0.2) is 0 Å². The molecule has 2 amide bonds. The van der Waals surface area contributed by atoms with Crippen LogP contribution in [0.15, 0.2) is 41.8 Å². The molecule has 6 heteroatoms. The highest BCUT2D eigenvalue weighted by molar-refractivity contribution is 7.12. The van der Waals surface area contributed by atoms with Gasteiger partial charge in [0.05, 0.1) is 11.0 Å². The molecule has 126 valence electrons. The van der Waals surface area contributed by atoms with Crippen LogP contribution in [-0.2, 0) is 9.53 Å². The summed E-state index contributed by atoms with van der Waals surface area (Å²) in [5, 5.41) is 1.87. The second-order valence-electron chi connectivity index (χ2n) is 5.73. The van der Waals surface area contributed by atoms with Crippen molar-refractivity contribution in [2.24, 2.45) is 0 Å². The molecular weight excluding hydrogens is 324 g/mol. The zero-order chi connectivity index (χ0) is 17.1. The van der Waals surface area contributed by atoms with Crippen molar-refractivity contribution in [2.75, 3.05) is 32.1 Å². The van der Waals surface area contributed by atoms with E-state index in [0.29, 0.717) is 17.8 Å². The average molecular weight is 344 g/mol. The van der Waals surface area contributed by atoms with Crippen molar-refractivity contribution in [1.82, 2.24) is 4.90 Å². The molecule has 1 atom stereocenters. The number of nitrogens with zero attached hydrogens (tertiary/aromatic N) is 2. The normalized spacial score (nSPS) is 18.6. The van der Waals surface area contributed by atoms with Crippen LogP contribution >= 0.6 is 11.3 Å². The van der Waals surface area contributed by atoms with Gasteiger partial charge in [-0.05, 0) is 23.9 Å². The largest absolute Gasteiger partial charge is 0.377 e. The Balaban J connectivity index is 1.93. The average Bonchev–Trinajstić information content (AvgIpc) is 3.15. The fourth-order valence-electron chi connectivity index (χ4n) is 2.95. The van der Waals surface area contributed by atoms with E-state index >= 15 is 0 Å². The van der Waals surface area contributed by atoms with E-state index in [-0.39, 0.29) is 24.5 Å². The van der Waals surface area contributed by atoms with Gasteiger partial charge in [-0.15, -0.1) is 11.3 Å². The van der Waals surface area contributed by atoms with E-state index in [2.05, 4.69) is 0 Å². The molecular formula is C18H20N2O3S. The third-order valence-corrected chi connectivity index (χ3v) is 5.17. The first-order valence-corrected chi connectivity index (χ1v) is 8.71. The van der Waals surface area contributed by atoms with E-state index in [9.17, 15) is 9.59 Å². The van der Waals surface area contributed by atoms with Crippen LogP contribution in [0, 0.1) is 0 Å². The van der Waals surface area contributed by atoms with Crippen molar-refractivity contribution in [3.8, 4) is 0 Å². The topological polar surface area (TPSA) is 49.9 Å². The quantitative estimate of drug-likeness (QED) is 0.842. The smallest absolute Gasteiger partial charge is 0.264 e. The van der Waals surface area contributed by atoms with E-state index in [1.165, 1.54) is 11.3 Å². The summed E-state index contributed by atoms with van der Waals surface area (Å²) in [4.78, 5) is 29.2. The van der Waals surface area contributed by atoms with Crippen molar-refractivity contribution in [2.45, 2.75) is 12.5 Å². The molecule has 0 N–H and O–H groups in total. The number of likely N-dealkylation sites (N-methyl/N-ethyl adjacent to an activating group) is 1. The number of anilines is 1. The van der Waals surface area contributed by atoms with Crippen LogP contribution < -0.4 is 4.90 Å². The molecule has 1 aliphatic heterocycles. The number of methoxy groups -OCH3 is 1. The third kappa shape index (κ3) is 3.20. The molecule has 0 saturated carbocycles. The van der Waals surface area contributed by atoms with Gasteiger partial charge in [-0.2, -0.15) is 0 Å². The molecule has 2 heterocycles. The van der Waals surface area contributed by atoms with Crippen molar-refractivity contribution in [3.63, 3.8) is 0 Å². The summed E-state index contributed by atoms with van der Waals surface area (Å²) >= 11 is 1.39. The van der Waals surface area contributed by atoms with Crippen molar-refractivity contribution in [3.05, 3.63) is 52.2 Å². The number of ether oxygens (including phenoxy) is 1. The van der Waals surface area contributed by atoms with Gasteiger partial charge in [-0.1, -0.05) is 24.3 Å². The zero-order valence-electron chi connectivity index (χ0n) is 13.8. The lowest BCUT2D eigenvalue weighted by Crippen LogP contribution is -2.41. The van der Waals surface area contributed by atoms with Crippen LogP contribution in [-0.4, -0.2) is 44.0 Å². The fraction of sp³-hybridized carbons (Fsp3) is 0.333. The Morgan fingerprint density at radius 2 is 2.04 bits per heavy atom. The second-order valence-corrected chi connectivity index (χ2v) is 6.68. The molecule has 5 nitrogen and oxygen atoms in total. The zero-order valence-corrected chi connectivity index (χ0v) is 14.6. The first kappa shape index (κ1) is 16.7. The number of rotatable bonds is 2. The van der Waals surface area contributed by atoms with Gasteiger partial charge in [0.2, 0.25) is 5.91 Å². The predicted molar refractivity (Wildman–Crippen MR) is 94.4 cm³/mol. The highest BCUT2D eigenvalue weighted by Crippen LogP contribution is 2.31. The highest BCUT2D eigenvalue weighted by atomic mass is 32.1.